The Kier molecular flexibility index (Phi) is 4.63. The van der Waals surface area contributed by atoms with Crippen LogP contribution in [0.2, 0.25) is 19.4 Å². The lowest BCUT2D eigenvalue weighted by Gasteiger charge is -2.17. The number of aromatic nitrogens is 3. The van der Waals surface area contributed by atoms with E-state index in [0.717, 1.165) is 33.4 Å². The van der Waals surface area contributed by atoms with Gasteiger partial charge in [-0.2, -0.15) is 0 Å². The van der Waals surface area contributed by atoms with Gasteiger partial charge < -0.3 is 0 Å². The molecule has 0 fully saturated rings. The first-order chi connectivity index (χ1) is 23.2. The third-order valence-electron chi connectivity index (χ3n) is 6.67. The molecule has 6 aromatic rings. The highest BCUT2D eigenvalue weighted by Crippen LogP contribution is 2.30. The molecule has 0 atom stereocenters. The Labute approximate surface area is 249 Å². The number of hydrogen-bond acceptors (Lipinski definition) is 3. The lowest BCUT2D eigenvalue weighted by atomic mass is 9.98. The summed E-state index contributed by atoms with van der Waals surface area (Å²) in [4.78, 5) is 14.5. The first-order valence-electron chi connectivity index (χ1n) is 17.4. The monoisotopic (exact) mass is 542 g/mol. The van der Waals surface area contributed by atoms with Crippen LogP contribution in [0.1, 0.15) is 12.3 Å². The van der Waals surface area contributed by atoms with E-state index in [-0.39, 0.29) is 5.19 Å². The predicted molar refractivity (Wildman–Crippen MR) is 170 cm³/mol. The normalized spacial score (nSPS) is 15.7. The minimum absolute atomic E-state index is 0.151. The van der Waals surface area contributed by atoms with E-state index in [2.05, 4.69) is 0 Å². The molecule has 0 amide bonds. The Morgan fingerprint density at radius 1 is 0.400 bits per heavy atom. The Bertz CT molecular complexity index is 1990. The number of hydrogen-bond donors (Lipinski definition) is 0. The fourth-order valence-electron chi connectivity index (χ4n) is 4.57. The molecule has 0 radical (unpaired) electrons. The van der Waals surface area contributed by atoms with E-state index < -0.39 is 27.5 Å². The molecule has 4 heteroatoms. The van der Waals surface area contributed by atoms with E-state index >= 15 is 0 Å². The zero-order chi connectivity index (χ0) is 35.0. The number of rotatable bonds is 6. The van der Waals surface area contributed by atoms with Crippen LogP contribution >= 0.6 is 0 Å². The first-order valence-corrected chi connectivity index (χ1v) is 14.9. The van der Waals surface area contributed by atoms with Gasteiger partial charge in [0.05, 0.1) is 8.07 Å². The molecule has 1 aromatic heterocycles. The number of nitrogens with zero attached hydrogens (tertiary/aromatic N) is 3. The van der Waals surface area contributed by atoms with Gasteiger partial charge in [0, 0.05) is 29.0 Å². The third-order valence-corrected chi connectivity index (χ3v) is 7.87. The quantitative estimate of drug-likeness (QED) is 0.198. The summed E-state index contributed by atoms with van der Waals surface area (Å²) < 4.78 is 72.7. The fourth-order valence-corrected chi connectivity index (χ4v) is 5.23. The second-order valence-corrected chi connectivity index (χ2v) is 11.6. The number of benzene rings is 5. The summed E-state index contributed by atoms with van der Waals surface area (Å²) in [5.41, 5.74) is 5.80. The molecule has 6 rings (SSSR count). The second kappa shape index (κ2) is 10.8. The maximum Gasteiger partial charge on any atom is 0.164 e. The van der Waals surface area contributed by atoms with E-state index in [9.17, 15) is 0 Å². The Morgan fingerprint density at radius 3 is 1.30 bits per heavy atom. The summed E-state index contributed by atoms with van der Waals surface area (Å²) in [5, 5.41) is -0.151. The van der Waals surface area contributed by atoms with Crippen molar-refractivity contribution in [2.45, 2.75) is 19.4 Å². The highest BCUT2D eigenvalue weighted by molar-refractivity contribution is 6.88. The van der Waals surface area contributed by atoms with Gasteiger partial charge in [0.25, 0.3) is 0 Å². The van der Waals surface area contributed by atoms with Crippen LogP contribution in [-0.2, 0) is 0 Å². The van der Waals surface area contributed by atoms with Crippen LogP contribution in [0.15, 0.2) is 133 Å². The molecule has 0 bridgehead atoms. The zero-order valence-electron chi connectivity index (χ0n) is 30.5. The van der Waals surface area contributed by atoms with Gasteiger partial charge in [0.1, 0.15) is 0 Å². The zero-order valence-corrected chi connectivity index (χ0v) is 22.5. The van der Waals surface area contributed by atoms with Crippen molar-refractivity contribution >= 4 is 13.3 Å². The highest BCUT2D eigenvalue weighted by Gasteiger charge is 2.16. The Hall–Kier alpha value is -4.67. The van der Waals surface area contributed by atoms with Gasteiger partial charge in [0.2, 0.25) is 0 Å². The lowest BCUT2D eigenvalue weighted by molar-refractivity contribution is 1.07. The van der Waals surface area contributed by atoms with Crippen LogP contribution in [-0.4, -0.2) is 23.0 Å². The molecule has 40 heavy (non-hydrogen) atoms. The second-order valence-electron chi connectivity index (χ2n) is 9.53. The van der Waals surface area contributed by atoms with E-state index in [1.807, 2.05) is 109 Å². The van der Waals surface area contributed by atoms with Crippen LogP contribution in [0.25, 0.3) is 56.4 Å². The van der Waals surface area contributed by atoms with E-state index in [0.29, 0.717) is 23.0 Å². The van der Waals surface area contributed by atoms with Crippen molar-refractivity contribution in [2.24, 2.45) is 0 Å². The smallest absolute Gasteiger partial charge is 0.164 e. The van der Waals surface area contributed by atoms with Gasteiger partial charge in [0.15, 0.2) is 17.5 Å². The summed E-state index contributed by atoms with van der Waals surface area (Å²) in [5.74, 6) is 1.64. The van der Waals surface area contributed by atoms with Crippen molar-refractivity contribution in [3.63, 3.8) is 0 Å². The molecule has 0 unspecified atom stereocenters. The molecule has 0 saturated heterocycles. The molecule has 5 aromatic carbocycles. The average Bonchev–Trinajstić information content (AvgIpc) is 3.07. The average molecular weight is 543 g/mol. The minimum Gasteiger partial charge on any atom is -0.208 e. The van der Waals surface area contributed by atoms with Crippen LogP contribution < -0.4 is 5.19 Å². The Balaban J connectivity index is 1.38. The maximum absolute atomic E-state index is 8.08. The molecular formula is C36H31N3Si. The summed E-state index contributed by atoms with van der Waals surface area (Å²) >= 11 is 0. The van der Waals surface area contributed by atoms with Gasteiger partial charge in [-0.3, -0.25) is 0 Å². The summed E-state index contributed by atoms with van der Waals surface area (Å²) in [6, 6.07) is 40.9. The Morgan fingerprint density at radius 2 is 0.800 bits per heavy atom. The van der Waals surface area contributed by atoms with Gasteiger partial charge in [-0.1, -0.05) is 146 Å². The van der Waals surface area contributed by atoms with Gasteiger partial charge in [-0.05, 0) is 34.4 Å². The highest BCUT2D eigenvalue weighted by atomic mass is 28.3. The standard InChI is InChI=1S/C36H31N3Si/c1-40(2,3)33-22-20-26(21-23-33)29-16-10-17-30(24-29)31-18-11-19-32(25-31)36-38-34(27-12-6-4-7-13-27)37-35(39-36)28-14-8-5-9-15-28/h4-25H,1-3H3/i1D3,2D3,3D3. The minimum atomic E-state index is -5.07. The van der Waals surface area contributed by atoms with Crippen molar-refractivity contribution in [1.29, 1.82) is 0 Å². The topological polar surface area (TPSA) is 38.7 Å². The molecule has 1 heterocycles. The first kappa shape index (κ1) is 17.1. The fraction of sp³-hybridized carbons (Fsp3) is 0.0833. The molecule has 0 aliphatic heterocycles. The van der Waals surface area contributed by atoms with Crippen molar-refractivity contribution in [2.75, 3.05) is 0 Å². The largest absolute Gasteiger partial charge is 0.208 e. The predicted octanol–water partition coefficient (Wildman–Crippen LogP) is 8.75. The van der Waals surface area contributed by atoms with Crippen LogP contribution in [0.3, 0.4) is 0 Å². The summed E-state index contributed by atoms with van der Waals surface area (Å²) in [6.07, 6.45) is 0. The van der Waals surface area contributed by atoms with E-state index in [1.54, 1.807) is 12.1 Å². The molecule has 0 spiro atoms. The van der Waals surface area contributed by atoms with Gasteiger partial charge in [-0.25, -0.2) is 15.0 Å². The van der Waals surface area contributed by atoms with Crippen LogP contribution in [0, 0.1) is 0 Å². The van der Waals surface area contributed by atoms with E-state index in [4.69, 9.17) is 27.3 Å². The molecule has 0 saturated carbocycles. The molecule has 3 nitrogen and oxygen atoms in total. The molecule has 0 N–H and O–H groups in total. The SMILES string of the molecule is [2H]C([2H])([2H])[Si](c1ccc(-c2cccc(-c3cccc(-c4nc(-c5ccccc5)nc(-c5ccccc5)n4)c3)c2)cc1)(C([2H])([2H])[2H])C([2H])([2H])[2H]. The van der Waals surface area contributed by atoms with Gasteiger partial charge in [-0.15, -0.1) is 0 Å². The summed E-state index contributed by atoms with van der Waals surface area (Å²) in [6.45, 7) is -9.55. The van der Waals surface area contributed by atoms with Crippen molar-refractivity contribution in [1.82, 2.24) is 15.0 Å². The van der Waals surface area contributed by atoms with Crippen LogP contribution in [0.5, 0.6) is 0 Å². The van der Waals surface area contributed by atoms with Crippen molar-refractivity contribution < 1.29 is 12.3 Å². The van der Waals surface area contributed by atoms with Gasteiger partial charge >= 0.3 is 0 Å². The molecule has 0 aliphatic carbocycles. The van der Waals surface area contributed by atoms with Crippen molar-refractivity contribution in [3.05, 3.63) is 133 Å². The maximum atomic E-state index is 8.08. The molecule has 0 aliphatic rings. The van der Waals surface area contributed by atoms with Crippen LogP contribution in [0.4, 0.5) is 0 Å². The lowest BCUT2D eigenvalue weighted by Crippen LogP contribution is -2.37. The third kappa shape index (κ3) is 5.53. The van der Waals surface area contributed by atoms with Crippen molar-refractivity contribution in [3.8, 4) is 56.4 Å². The molecular weight excluding hydrogens is 503 g/mol. The van der Waals surface area contributed by atoms with E-state index in [1.165, 1.54) is 12.1 Å². The molecule has 194 valence electrons. The summed E-state index contributed by atoms with van der Waals surface area (Å²) in [7, 11) is -5.07.